The summed E-state index contributed by atoms with van der Waals surface area (Å²) in [6, 6.07) is -0.755. The van der Waals surface area contributed by atoms with Gasteiger partial charge in [0.05, 0.1) is 25.2 Å². The number of carbonyl (C=O) groups excluding carboxylic acids is 2. The van der Waals surface area contributed by atoms with Crippen LogP contribution in [-0.4, -0.2) is 46.9 Å². The number of amides is 1. The molecule has 0 heterocycles. The van der Waals surface area contributed by atoms with E-state index >= 15 is 0 Å². The van der Waals surface area contributed by atoms with Crippen molar-refractivity contribution in [1.29, 1.82) is 0 Å². The molecule has 6 heteroatoms. The number of hydrogen-bond acceptors (Lipinski definition) is 5. The molecule has 0 aliphatic rings. The highest BCUT2D eigenvalue weighted by Gasteiger charge is 2.23. The molecule has 3 N–H and O–H groups in total. The Kier molecular flexibility index (Phi) is 44.4. The first-order chi connectivity index (χ1) is 30.0. The summed E-state index contributed by atoms with van der Waals surface area (Å²) in [4.78, 5) is 26.0. The van der Waals surface area contributed by atoms with Gasteiger partial charge in [-0.15, -0.1) is 0 Å². The highest BCUT2D eigenvalue weighted by Crippen LogP contribution is 2.14. The van der Waals surface area contributed by atoms with Crippen molar-refractivity contribution >= 4 is 11.9 Å². The summed E-state index contributed by atoms with van der Waals surface area (Å²) in [5.41, 5.74) is 0. The molecule has 1 amide bonds. The lowest BCUT2D eigenvalue weighted by Gasteiger charge is -2.23. The molecule has 0 aliphatic carbocycles. The monoisotopic (exact) mass is 844 g/mol. The van der Waals surface area contributed by atoms with Crippen molar-refractivity contribution in [1.82, 2.24) is 5.32 Å². The third-order valence-electron chi connectivity index (χ3n) is 10.1. The normalized spacial score (nSPS) is 14.4. The molecule has 344 valence electrons. The predicted molar refractivity (Wildman–Crippen MR) is 263 cm³/mol. The minimum absolute atomic E-state index is 0.0652. The second-order valence-electron chi connectivity index (χ2n) is 15.8. The van der Waals surface area contributed by atoms with Gasteiger partial charge in [-0.25, -0.2) is 0 Å². The molecule has 0 aromatic carbocycles. The van der Waals surface area contributed by atoms with Gasteiger partial charge >= 0.3 is 5.97 Å². The van der Waals surface area contributed by atoms with E-state index in [-0.39, 0.29) is 24.9 Å². The Balaban J connectivity index is 4.87. The summed E-state index contributed by atoms with van der Waals surface area (Å²) in [7, 11) is 0. The molecule has 0 rings (SSSR count). The third-order valence-corrected chi connectivity index (χ3v) is 10.1. The van der Waals surface area contributed by atoms with Gasteiger partial charge in [0.1, 0.15) is 6.10 Å². The lowest BCUT2D eigenvalue weighted by atomic mass is 10.0. The Morgan fingerprint density at radius 1 is 0.525 bits per heavy atom. The van der Waals surface area contributed by atoms with E-state index in [1.54, 1.807) is 6.08 Å². The highest BCUT2D eigenvalue weighted by molar-refractivity contribution is 5.78. The van der Waals surface area contributed by atoms with Crippen LogP contribution in [-0.2, 0) is 14.3 Å². The first-order valence-electron chi connectivity index (χ1n) is 24.3. The molecule has 0 radical (unpaired) electrons. The zero-order valence-electron chi connectivity index (χ0n) is 39.0. The maximum atomic E-state index is 13.1. The van der Waals surface area contributed by atoms with Crippen LogP contribution in [0.1, 0.15) is 188 Å². The van der Waals surface area contributed by atoms with Crippen molar-refractivity contribution in [3.63, 3.8) is 0 Å². The topological polar surface area (TPSA) is 95.9 Å². The van der Waals surface area contributed by atoms with Crippen LogP contribution in [0, 0.1) is 0 Å². The fourth-order valence-corrected chi connectivity index (χ4v) is 6.49. The number of nitrogens with one attached hydrogen (secondary N) is 1. The molecule has 0 saturated heterocycles. The SMILES string of the molecule is CC/C=C\C/C=C\C/C=C\C/C=C\C/C=C\C/C=C\C(CC(=O)NC(CO)C(O)CCCCCCCCCCCC)OC(=O)CCCCCCC\C=C/C=C/C=C/C=C/CC. The summed E-state index contributed by atoms with van der Waals surface area (Å²) < 4.78 is 5.80. The predicted octanol–water partition coefficient (Wildman–Crippen LogP) is 14.5. The fourth-order valence-electron chi connectivity index (χ4n) is 6.49. The number of aliphatic hydroxyl groups excluding tert-OH is 2. The number of unbranched alkanes of at least 4 members (excludes halogenated alkanes) is 14. The molecule has 0 fully saturated rings. The largest absolute Gasteiger partial charge is 0.458 e. The molecule has 0 aromatic rings. The van der Waals surface area contributed by atoms with Crippen molar-refractivity contribution < 1.29 is 24.5 Å². The van der Waals surface area contributed by atoms with E-state index in [0.29, 0.717) is 19.3 Å². The van der Waals surface area contributed by atoms with E-state index in [4.69, 9.17) is 4.74 Å². The number of ether oxygens (including phenoxy) is 1. The van der Waals surface area contributed by atoms with Crippen molar-refractivity contribution in [2.75, 3.05) is 6.61 Å². The molecule has 3 atom stereocenters. The number of allylic oxidation sites excluding steroid dienone is 19. The van der Waals surface area contributed by atoms with Gasteiger partial charge in [-0.2, -0.15) is 0 Å². The summed E-state index contributed by atoms with van der Waals surface area (Å²) in [6.45, 7) is 6.15. The van der Waals surface area contributed by atoms with E-state index in [9.17, 15) is 19.8 Å². The molecule has 0 aliphatic heterocycles. The zero-order valence-corrected chi connectivity index (χ0v) is 39.0. The maximum Gasteiger partial charge on any atom is 0.306 e. The van der Waals surface area contributed by atoms with Crippen LogP contribution in [0.3, 0.4) is 0 Å². The van der Waals surface area contributed by atoms with Crippen molar-refractivity contribution in [3.05, 3.63) is 122 Å². The molecule has 0 aromatic heterocycles. The fraction of sp³-hybridized carbons (Fsp3) is 0.600. The Labute approximate surface area is 374 Å². The van der Waals surface area contributed by atoms with Crippen LogP contribution >= 0.6 is 0 Å². The van der Waals surface area contributed by atoms with Crippen LogP contribution in [0.25, 0.3) is 0 Å². The molecule has 61 heavy (non-hydrogen) atoms. The lowest BCUT2D eigenvalue weighted by molar-refractivity contribution is -0.148. The van der Waals surface area contributed by atoms with Gasteiger partial charge in [0, 0.05) is 6.42 Å². The van der Waals surface area contributed by atoms with Crippen LogP contribution < -0.4 is 5.32 Å². The van der Waals surface area contributed by atoms with Crippen LogP contribution in [0.4, 0.5) is 0 Å². The maximum absolute atomic E-state index is 13.1. The van der Waals surface area contributed by atoms with Crippen LogP contribution in [0.5, 0.6) is 0 Å². The number of aliphatic hydroxyl groups is 2. The van der Waals surface area contributed by atoms with Crippen molar-refractivity contribution in [2.24, 2.45) is 0 Å². The van der Waals surface area contributed by atoms with Gasteiger partial charge in [0.2, 0.25) is 5.91 Å². The Morgan fingerprint density at radius 2 is 0.984 bits per heavy atom. The van der Waals surface area contributed by atoms with Gasteiger partial charge < -0.3 is 20.3 Å². The second-order valence-corrected chi connectivity index (χ2v) is 15.8. The van der Waals surface area contributed by atoms with Gasteiger partial charge in [0.15, 0.2) is 0 Å². The average molecular weight is 844 g/mol. The van der Waals surface area contributed by atoms with Gasteiger partial charge in [-0.1, -0.05) is 220 Å². The van der Waals surface area contributed by atoms with E-state index < -0.39 is 18.2 Å². The first-order valence-corrected chi connectivity index (χ1v) is 24.3. The summed E-state index contributed by atoms with van der Waals surface area (Å²) in [5.74, 6) is -0.672. The number of esters is 1. The third kappa shape index (κ3) is 42.7. The van der Waals surface area contributed by atoms with E-state index in [1.165, 1.54) is 44.9 Å². The number of hydrogen-bond donors (Lipinski definition) is 3. The quantitative estimate of drug-likeness (QED) is 0.0247. The molecule has 3 unspecified atom stereocenters. The summed E-state index contributed by atoms with van der Waals surface area (Å²) in [6.07, 6.45) is 65.7. The number of carbonyl (C=O) groups is 2. The Bertz CT molecular complexity index is 1310. The molecule has 6 nitrogen and oxygen atoms in total. The zero-order chi connectivity index (χ0) is 44.5. The van der Waals surface area contributed by atoms with E-state index in [1.807, 2.05) is 30.4 Å². The first kappa shape index (κ1) is 57.3. The van der Waals surface area contributed by atoms with Crippen LogP contribution in [0.2, 0.25) is 0 Å². The summed E-state index contributed by atoms with van der Waals surface area (Å²) >= 11 is 0. The highest BCUT2D eigenvalue weighted by atomic mass is 16.5. The van der Waals surface area contributed by atoms with Crippen LogP contribution in [0.15, 0.2) is 122 Å². The van der Waals surface area contributed by atoms with Crippen molar-refractivity contribution in [2.45, 2.75) is 206 Å². The number of rotatable bonds is 41. The van der Waals surface area contributed by atoms with Gasteiger partial charge in [-0.3, -0.25) is 9.59 Å². The lowest BCUT2D eigenvalue weighted by Crippen LogP contribution is -2.46. The minimum Gasteiger partial charge on any atom is -0.458 e. The smallest absolute Gasteiger partial charge is 0.306 e. The standard InChI is InChI=1S/C55H89NO5/c1-4-7-10-13-16-19-22-24-26-27-29-30-32-34-37-40-43-46-51(61-55(60)48-45-42-39-36-33-31-28-25-23-20-17-14-11-8-5-2)49-54(59)56-52(50-57)53(58)47-44-41-38-35-21-18-15-12-9-6-3/h7-8,10-11,14,16-17,19-20,23-26,28-30,34,37,43,46,51-53,57-58H,4-6,9,12-13,15,18,21-22,27,31-33,35-36,38-42,44-45,47-50H2,1-3H3,(H,56,59)/b10-7-,11-8+,17-14+,19-16-,23-20+,26-24-,28-25-,30-29-,37-34-,46-43-. The van der Waals surface area contributed by atoms with Gasteiger partial charge in [0.25, 0.3) is 0 Å². The molecule has 0 saturated carbocycles. The Hall–Kier alpha value is -3.74. The molecule has 0 spiro atoms. The molecular weight excluding hydrogens is 755 g/mol. The molecule has 0 bridgehead atoms. The second kappa shape index (κ2) is 47.3. The molecular formula is C55H89NO5. The van der Waals surface area contributed by atoms with Crippen molar-refractivity contribution in [3.8, 4) is 0 Å². The van der Waals surface area contributed by atoms with Gasteiger partial charge in [-0.05, 0) is 76.7 Å². The average Bonchev–Trinajstić information content (AvgIpc) is 3.25. The Morgan fingerprint density at radius 3 is 1.52 bits per heavy atom. The van der Waals surface area contributed by atoms with E-state index in [0.717, 1.165) is 96.3 Å². The van der Waals surface area contributed by atoms with E-state index in [2.05, 4.69) is 111 Å². The minimum atomic E-state index is -0.830. The summed E-state index contributed by atoms with van der Waals surface area (Å²) in [5, 5.41) is 23.6.